The molecule has 0 aliphatic heterocycles. The predicted molar refractivity (Wildman–Crippen MR) is 101 cm³/mol. The van der Waals surface area contributed by atoms with Crippen LogP contribution in [0.1, 0.15) is 36.2 Å². The molecule has 0 atom stereocenters. The SMILES string of the molecule is CN=C(NCc1csc(C(C)C)n1)N(C)Cc1cc(Br)cn1C. The first-order valence-electron chi connectivity index (χ1n) is 7.57. The molecule has 0 aliphatic rings. The van der Waals surface area contributed by atoms with E-state index in [-0.39, 0.29) is 0 Å². The zero-order valence-corrected chi connectivity index (χ0v) is 16.7. The zero-order valence-electron chi connectivity index (χ0n) is 14.3. The van der Waals surface area contributed by atoms with Gasteiger partial charge >= 0.3 is 0 Å². The largest absolute Gasteiger partial charge is 0.352 e. The van der Waals surface area contributed by atoms with Gasteiger partial charge in [0, 0.05) is 48.8 Å². The fourth-order valence-corrected chi connectivity index (χ4v) is 3.67. The van der Waals surface area contributed by atoms with Crippen LogP contribution in [0.5, 0.6) is 0 Å². The van der Waals surface area contributed by atoms with E-state index in [0.717, 1.165) is 22.7 Å². The van der Waals surface area contributed by atoms with Crippen LogP contribution in [0.4, 0.5) is 0 Å². The Bertz CT molecular complexity index is 674. The van der Waals surface area contributed by atoms with Crippen molar-refractivity contribution in [3.05, 3.63) is 38.5 Å². The van der Waals surface area contributed by atoms with Crippen LogP contribution in [0.3, 0.4) is 0 Å². The summed E-state index contributed by atoms with van der Waals surface area (Å²) in [5.41, 5.74) is 2.29. The van der Waals surface area contributed by atoms with E-state index in [2.05, 4.69) is 72.2 Å². The van der Waals surface area contributed by atoms with Crippen LogP contribution in [0.15, 0.2) is 27.1 Å². The normalized spacial score (nSPS) is 12.0. The van der Waals surface area contributed by atoms with Gasteiger partial charge in [-0.05, 0) is 22.0 Å². The number of aryl methyl sites for hydroxylation is 1. The van der Waals surface area contributed by atoms with Gasteiger partial charge in [0.15, 0.2) is 5.96 Å². The van der Waals surface area contributed by atoms with Crippen LogP contribution in [-0.4, -0.2) is 34.5 Å². The molecule has 0 unspecified atom stereocenters. The number of aliphatic imine (C=N–C) groups is 1. The molecule has 0 fully saturated rings. The van der Waals surface area contributed by atoms with Crippen LogP contribution in [-0.2, 0) is 20.1 Å². The topological polar surface area (TPSA) is 45.5 Å². The van der Waals surface area contributed by atoms with E-state index in [9.17, 15) is 0 Å². The minimum atomic E-state index is 0.478. The molecular formula is C16H24BrN5S. The summed E-state index contributed by atoms with van der Waals surface area (Å²) in [6.45, 7) is 5.81. The molecule has 0 radical (unpaired) electrons. The molecule has 0 spiro atoms. The third kappa shape index (κ3) is 4.81. The monoisotopic (exact) mass is 397 g/mol. The summed E-state index contributed by atoms with van der Waals surface area (Å²) in [4.78, 5) is 11.1. The lowest BCUT2D eigenvalue weighted by Gasteiger charge is -2.22. The Morgan fingerprint density at radius 1 is 1.52 bits per heavy atom. The first-order valence-corrected chi connectivity index (χ1v) is 9.24. The quantitative estimate of drug-likeness (QED) is 0.619. The Hall–Kier alpha value is -1.34. The van der Waals surface area contributed by atoms with Crippen LogP contribution in [0.25, 0.3) is 0 Å². The van der Waals surface area contributed by atoms with Gasteiger partial charge in [0.1, 0.15) is 0 Å². The van der Waals surface area contributed by atoms with E-state index in [4.69, 9.17) is 0 Å². The maximum absolute atomic E-state index is 4.65. The maximum Gasteiger partial charge on any atom is 0.194 e. The Labute approximate surface area is 150 Å². The number of guanidine groups is 1. The van der Waals surface area contributed by atoms with E-state index in [1.165, 1.54) is 10.7 Å². The fourth-order valence-electron chi connectivity index (χ4n) is 2.26. The molecule has 23 heavy (non-hydrogen) atoms. The van der Waals surface area contributed by atoms with Crippen molar-refractivity contribution < 1.29 is 0 Å². The summed E-state index contributed by atoms with van der Waals surface area (Å²) in [5, 5.41) is 6.68. The van der Waals surface area contributed by atoms with E-state index < -0.39 is 0 Å². The molecule has 7 heteroatoms. The Balaban J connectivity index is 1.95. The second kappa shape index (κ2) is 7.97. The number of hydrogen-bond acceptors (Lipinski definition) is 3. The molecule has 2 aromatic heterocycles. The summed E-state index contributed by atoms with van der Waals surface area (Å²) >= 11 is 5.23. The molecule has 0 saturated carbocycles. The molecule has 126 valence electrons. The highest BCUT2D eigenvalue weighted by Crippen LogP contribution is 2.19. The van der Waals surface area contributed by atoms with Gasteiger partial charge in [-0.25, -0.2) is 4.98 Å². The van der Waals surface area contributed by atoms with Crippen molar-refractivity contribution in [2.45, 2.75) is 32.9 Å². The number of hydrogen-bond donors (Lipinski definition) is 1. The van der Waals surface area contributed by atoms with Crippen molar-refractivity contribution in [2.24, 2.45) is 12.0 Å². The third-order valence-electron chi connectivity index (χ3n) is 3.54. The molecule has 0 aromatic carbocycles. The lowest BCUT2D eigenvalue weighted by molar-refractivity contribution is 0.461. The minimum Gasteiger partial charge on any atom is -0.352 e. The van der Waals surface area contributed by atoms with Gasteiger partial charge in [-0.3, -0.25) is 4.99 Å². The van der Waals surface area contributed by atoms with Crippen molar-refractivity contribution >= 4 is 33.2 Å². The van der Waals surface area contributed by atoms with E-state index in [0.29, 0.717) is 12.5 Å². The molecule has 0 saturated heterocycles. The van der Waals surface area contributed by atoms with Gasteiger partial charge in [0.05, 0.1) is 23.8 Å². The van der Waals surface area contributed by atoms with Crippen LogP contribution >= 0.6 is 27.3 Å². The molecule has 2 rings (SSSR count). The summed E-state index contributed by atoms with van der Waals surface area (Å²) in [5.74, 6) is 1.34. The Morgan fingerprint density at radius 3 is 2.78 bits per heavy atom. The van der Waals surface area contributed by atoms with Gasteiger partial charge < -0.3 is 14.8 Å². The van der Waals surface area contributed by atoms with E-state index in [1.54, 1.807) is 18.4 Å². The second-order valence-corrected chi connectivity index (χ2v) is 7.65. The highest BCUT2D eigenvalue weighted by atomic mass is 79.9. The van der Waals surface area contributed by atoms with Gasteiger partial charge in [-0.15, -0.1) is 11.3 Å². The van der Waals surface area contributed by atoms with Gasteiger partial charge in [-0.1, -0.05) is 13.8 Å². The first kappa shape index (κ1) is 18.0. The Morgan fingerprint density at radius 2 is 2.26 bits per heavy atom. The molecule has 0 bridgehead atoms. The lowest BCUT2D eigenvalue weighted by Crippen LogP contribution is -2.38. The lowest BCUT2D eigenvalue weighted by atomic mass is 10.2. The second-order valence-electron chi connectivity index (χ2n) is 5.85. The minimum absolute atomic E-state index is 0.478. The predicted octanol–water partition coefficient (Wildman–Crippen LogP) is 3.57. The van der Waals surface area contributed by atoms with Crippen molar-refractivity contribution in [1.29, 1.82) is 0 Å². The maximum atomic E-state index is 4.65. The number of nitrogens with one attached hydrogen (secondary N) is 1. The first-order chi connectivity index (χ1) is 10.9. The van der Waals surface area contributed by atoms with Crippen molar-refractivity contribution in [1.82, 2.24) is 19.8 Å². The highest BCUT2D eigenvalue weighted by molar-refractivity contribution is 9.10. The molecule has 2 aromatic rings. The van der Waals surface area contributed by atoms with Crippen molar-refractivity contribution in [2.75, 3.05) is 14.1 Å². The zero-order chi connectivity index (χ0) is 17.0. The standard InChI is InChI=1S/C16H24BrN5S/c1-11(2)15-20-13(10-23-15)7-19-16(18-3)22(5)9-14-6-12(17)8-21(14)4/h6,8,10-11H,7,9H2,1-5H3,(H,18,19). The van der Waals surface area contributed by atoms with Gasteiger partial charge in [0.25, 0.3) is 0 Å². The number of nitrogens with zero attached hydrogens (tertiary/aromatic N) is 4. The van der Waals surface area contributed by atoms with E-state index >= 15 is 0 Å². The number of rotatable bonds is 5. The average molecular weight is 398 g/mol. The molecular weight excluding hydrogens is 374 g/mol. The van der Waals surface area contributed by atoms with Crippen LogP contribution < -0.4 is 5.32 Å². The summed E-state index contributed by atoms with van der Waals surface area (Å²) in [6, 6.07) is 2.12. The van der Waals surface area contributed by atoms with Crippen molar-refractivity contribution in [3.63, 3.8) is 0 Å². The molecule has 0 amide bonds. The molecule has 0 aliphatic carbocycles. The summed E-state index contributed by atoms with van der Waals surface area (Å²) in [6.07, 6.45) is 2.06. The number of halogens is 1. The number of thiazole rings is 1. The average Bonchev–Trinajstić information content (AvgIpc) is 3.07. The summed E-state index contributed by atoms with van der Waals surface area (Å²) < 4.78 is 3.21. The van der Waals surface area contributed by atoms with Crippen molar-refractivity contribution in [3.8, 4) is 0 Å². The highest BCUT2D eigenvalue weighted by Gasteiger charge is 2.11. The van der Waals surface area contributed by atoms with E-state index in [1.807, 2.05) is 14.1 Å². The smallest absolute Gasteiger partial charge is 0.194 e. The molecule has 2 heterocycles. The third-order valence-corrected chi connectivity index (χ3v) is 5.17. The van der Waals surface area contributed by atoms with Crippen LogP contribution in [0, 0.1) is 0 Å². The fraction of sp³-hybridized carbons (Fsp3) is 0.500. The van der Waals surface area contributed by atoms with Gasteiger partial charge in [-0.2, -0.15) is 0 Å². The Kier molecular flexibility index (Phi) is 6.24. The molecule has 1 N–H and O–H groups in total. The number of aromatic nitrogens is 2. The van der Waals surface area contributed by atoms with Gasteiger partial charge in [0.2, 0.25) is 0 Å². The van der Waals surface area contributed by atoms with Crippen LogP contribution in [0.2, 0.25) is 0 Å². The summed E-state index contributed by atoms with van der Waals surface area (Å²) in [7, 11) is 5.89. The molecule has 5 nitrogen and oxygen atoms in total.